The van der Waals surface area contributed by atoms with Crippen LogP contribution in [0.25, 0.3) is 11.0 Å². The Balaban J connectivity index is 1.80. The molecule has 25 heavy (non-hydrogen) atoms. The highest BCUT2D eigenvalue weighted by molar-refractivity contribution is 5.91. The van der Waals surface area contributed by atoms with Gasteiger partial charge < -0.3 is 10.4 Å². The molecule has 1 heterocycles. The van der Waals surface area contributed by atoms with Gasteiger partial charge in [0.15, 0.2) is 0 Å². The van der Waals surface area contributed by atoms with Crippen LogP contribution in [0.15, 0.2) is 59.5 Å². The molecule has 128 valence electrons. The van der Waals surface area contributed by atoms with E-state index in [0.717, 1.165) is 5.56 Å². The molecule has 0 spiro atoms. The van der Waals surface area contributed by atoms with Crippen LogP contribution in [0.5, 0.6) is 0 Å². The molecule has 0 saturated heterocycles. The van der Waals surface area contributed by atoms with Gasteiger partial charge in [-0.3, -0.25) is 14.2 Å². The normalized spacial score (nSPS) is 11.5. The lowest BCUT2D eigenvalue weighted by Gasteiger charge is -2.18. The number of benzene rings is 2. The second kappa shape index (κ2) is 6.49. The van der Waals surface area contributed by atoms with Crippen molar-refractivity contribution in [2.24, 2.45) is 0 Å². The minimum atomic E-state index is -0.939. The van der Waals surface area contributed by atoms with Crippen molar-refractivity contribution in [2.45, 2.75) is 26.0 Å². The number of aliphatic hydroxyl groups is 1. The molecule has 3 aromatic rings. The SMILES string of the molecule is CC(C)(O)c1ccc(NC(=O)Cn2c(=O)cnc3ccccc32)cc1. The molecule has 0 saturated carbocycles. The topological polar surface area (TPSA) is 84.2 Å². The molecule has 6 nitrogen and oxygen atoms in total. The summed E-state index contributed by atoms with van der Waals surface area (Å²) >= 11 is 0. The number of hydrogen-bond donors (Lipinski definition) is 2. The Bertz CT molecular complexity index is 970. The first kappa shape index (κ1) is 16.9. The monoisotopic (exact) mass is 337 g/mol. The highest BCUT2D eigenvalue weighted by Gasteiger charge is 2.15. The average molecular weight is 337 g/mol. The largest absolute Gasteiger partial charge is 0.386 e. The Morgan fingerprint density at radius 3 is 2.52 bits per heavy atom. The molecular formula is C19H19N3O3. The maximum atomic E-state index is 12.3. The van der Waals surface area contributed by atoms with Crippen LogP contribution in [0.3, 0.4) is 0 Å². The highest BCUT2D eigenvalue weighted by Crippen LogP contribution is 2.21. The lowest BCUT2D eigenvalue weighted by molar-refractivity contribution is -0.116. The van der Waals surface area contributed by atoms with E-state index in [1.165, 1.54) is 10.8 Å². The van der Waals surface area contributed by atoms with E-state index in [9.17, 15) is 14.7 Å². The van der Waals surface area contributed by atoms with Gasteiger partial charge in [-0.25, -0.2) is 4.98 Å². The minimum Gasteiger partial charge on any atom is -0.386 e. The molecule has 6 heteroatoms. The van der Waals surface area contributed by atoms with Crippen LogP contribution in [-0.2, 0) is 16.9 Å². The van der Waals surface area contributed by atoms with E-state index >= 15 is 0 Å². The van der Waals surface area contributed by atoms with Crippen molar-refractivity contribution in [1.29, 1.82) is 0 Å². The van der Waals surface area contributed by atoms with Gasteiger partial charge in [-0.2, -0.15) is 0 Å². The average Bonchev–Trinajstić information content (AvgIpc) is 2.57. The molecule has 0 aliphatic heterocycles. The molecule has 0 fully saturated rings. The van der Waals surface area contributed by atoms with Crippen LogP contribution in [-0.4, -0.2) is 20.6 Å². The van der Waals surface area contributed by atoms with E-state index in [4.69, 9.17) is 0 Å². The molecule has 0 aliphatic carbocycles. The van der Waals surface area contributed by atoms with E-state index < -0.39 is 5.60 Å². The van der Waals surface area contributed by atoms with E-state index in [1.54, 1.807) is 56.3 Å². The molecular weight excluding hydrogens is 318 g/mol. The number of para-hydroxylation sites is 2. The van der Waals surface area contributed by atoms with Crippen molar-refractivity contribution in [1.82, 2.24) is 9.55 Å². The summed E-state index contributed by atoms with van der Waals surface area (Å²) in [5, 5.41) is 12.7. The van der Waals surface area contributed by atoms with Gasteiger partial charge in [0.05, 0.1) is 22.8 Å². The van der Waals surface area contributed by atoms with Gasteiger partial charge in [-0.15, -0.1) is 0 Å². The first-order valence-corrected chi connectivity index (χ1v) is 7.92. The summed E-state index contributed by atoms with van der Waals surface area (Å²) in [5.41, 5.74) is 1.36. The highest BCUT2D eigenvalue weighted by atomic mass is 16.3. The number of nitrogens with zero attached hydrogens (tertiary/aromatic N) is 2. The second-order valence-electron chi connectivity index (χ2n) is 6.36. The van der Waals surface area contributed by atoms with Gasteiger partial charge in [-0.05, 0) is 43.7 Å². The fraction of sp³-hybridized carbons (Fsp3) is 0.211. The predicted molar refractivity (Wildman–Crippen MR) is 96.3 cm³/mol. The summed E-state index contributed by atoms with van der Waals surface area (Å²) in [7, 11) is 0. The predicted octanol–water partition coefficient (Wildman–Crippen LogP) is 2.26. The van der Waals surface area contributed by atoms with Crippen molar-refractivity contribution < 1.29 is 9.90 Å². The zero-order valence-electron chi connectivity index (χ0n) is 14.1. The van der Waals surface area contributed by atoms with Crippen LogP contribution in [0.4, 0.5) is 5.69 Å². The van der Waals surface area contributed by atoms with Crippen LogP contribution in [0.2, 0.25) is 0 Å². The van der Waals surface area contributed by atoms with Crippen molar-refractivity contribution in [3.63, 3.8) is 0 Å². The number of carbonyl (C=O) groups excluding carboxylic acids is 1. The van der Waals surface area contributed by atoms with Gasteiger partial charge in [0, 0.05) is 5.69 Å². The van der Waals surface area contributed by atoms with Gasteiger partial charge in [0.2, 0.25) is 5.91 Å². The molecule has 1 amide bonds. The molecule has 0 radical (unpaired) electrons. The first-order chi connectivity index (χ1) is 11.8. The van der Waals surface area contributed by atoms with Gasteiger partial charge in [0.25, 0.3) is 5.56 Å². The maximum absolute atomic E-state index is 12.3. The Hall–Kier alpha value is -2.99. The first-order valence-electron chi connectivity index (χ1n) is 7.92. The molecule has 3 rings (SSSR count). The zero-order chi connectivity index (χ0) is 18.0. The van der Waals surface area contributed by atoms with Gasteiger partial charge in [-0.1, -0.05) is 24.3 Å². The van der Waals surface area contributed by atoms with Gasteiger partial charge >= 0.3 is 0 Å². The fourth-order valence-electron chi connectivity index (χ4n) is 2.58. The molecule has 0 atom stereocenters. The third-order valence-corrected chi connectivity index (χ3v) is 3.93. The second-order valence-corrected chi connectivity index (χ2v) is 6.36. The lowest BCUT2D eigenvalue weighted by atomic mass is 9.98. The molecule has 0 unspecified atom stereocenters. The Morgan fingerprint density at radius 2 is 1.84 bits per heavy atom. The van der Waals surface area contributed by atoms with Crippen LogP contribution in [0.1, 0.15) is 19.4 Å². The number of nitrogens with one attached hydrogen (secondary N) is 1. The number of hydrogen-bond acceptors (Lipinski definition) is 4. The molecule has 0 bridgehead atoms. The van der Waals surface area contributed by atoms with Crippen LogP contribution in [0, 0.1) is 0 Å². The minimum absolute atomic E-state index is 0.102. The van der Waals surface area contributed by atoms with Crippen molar-refractivity contribution in [2.75, 3.05) is 5.32 Å². The summed E-state index contributed by atoms with van der Waals surface area (Å²) in [4.78, 5) is 28.5. The Morgan fingerprint density at radius 1 is 1.16 bits per heavy atom. The molecule has 2 aromatic carbocycles. The van der Waals surface area contributed by atoms with Crippen LogP contribution < -0.4 is 10.9 Å². The molecule has 0 aliphatic rings. The quantitative estimate of drug-likeness (QED) is 0.765. The fourth-order valence-corrected chi connectivity index (χ4v) is 2.58. The number of anilines is 1. The molecule has 2 N–H and O–H groups in total. The summed E-state index contributed by atoms with van der Waals surface area (Å²) in [5.74, 6) is -0.311. The van der Waals surface area contributed by atoms with Crippen LogP contribution >= 0.6 is 0 Å². The van der Waals surface area contributed by atoms with Crippen molar-refractivity contribution in [3.05, 3.63) is 70.6 Å². The van der Waals surface area contributed by atoms with Crippen molar-refractivity contribution >= 4 is 22.6 Å². The zero-order valence-corrected chi connectivity index (χ0v) is 14.1. The number of rotatable bonds is 4. The van der Waals surface area contributed by atoms with Crippen molar-refractivity contribution in [3.8, 4) is 0 Å². The number of amides is 1. The van der Waals surface area contributed by atoms with E-state index in [-0.39, 0.29) is 18.0 Å². The number of fused-ring (bicyclic) bond motifs is 1. The van der Waals surface area contributed by atoms with E-state index in [0.29, 0.717) is 16.7 Å². The number of aromatic nitrogens is 2. The third-order valence-electron chi connectivity index (χ3n) is 3.93. The summed E-state index contributed by atoms with van der Waals surface area (Å²) in [6, 6.07) is 14.1. The van der Waals surface area contributed by atoms with E-state index in [1.807, 2.05) is 6.07 Å². The Kier molecular flexibility index (Phi) is 4.37. The maximum Gasteiger partial charge on any atom is 0.269 e. The summed E-state index contributed by atoms with van der Waals surface area (Å²) in [6.45, 7) is 3.29. The van der Waals surface area contributed by atoms with E-state index in [2.05, 4.69) is 10.3 Å². The smallest absolute Gasteiger partial charge is 0.269 e. The summed E-state index contributed by atoms with van der Waals surface area (Å²) < 4.78 is 1.39. The lowest BCUT2D eigenvalue weighted by Crippen LogP contribution is -2.28. The summed E-state index contributed by atoms with van der Waals surface area (Å²) in [6.07, 6.45) is 1.22. The van der Waals surface area contributed by atoms with Gasteiger partial charge in [0.1, 0.15) is 6.54 Å². The Labute approximate surface area is 144 Å². The third kappa shape index (κ3) is 3.75. The number of carbonyl (C=O) groups is 1. The standard InChI is InChI=1S/C19H19N3O3/c1-19(2,25)13-7-9-14(10-8-13)21-17(23)12-22-16-6-4-3-5-15(16)20-11-18(22)24/h3-11,25H,12H2,1-2H3,(H,21,23). The molecule has 1 aromatic heterocycles.